The third kappa shape index (κ3) is 5.17. The van der Waals surface area contributed by atoms with E-state index in [0.29, 0.717) is 5.56 Å². The summed E-state index contributed by atoms with van der Waals surface area (Å²) in [6.07, 6.45) is 10.3. The minimum atomic E-state index is -3.66. The topological polar surface area (TPSA) is 84.3 Å². The van der Waals surface area contributed by atoms with Gasteiger partial charge in [0, 0.05) is 36.7 Å². The van der Waals surface area contributed by atoms with Crippen molar-refractivity contribution in [2.75, 3.05) is 7.05 Å². The fourth-order valence-corrected chi connectivity index (χ4v) is 5.78. The molecule has 2 aromatic carbocycles. The number of sulfonamides is 1. The van der Waals surface area contributed by atoms with Gasteiger partial charge in [-0.2, -0.15) is 4.31 Å². The molecule has 0 bridgehead atoms. The average Bonchev–Trinajstić information content (AvgIpc) is 3.39. The van der Waals surface area contributed by atoms with Crippen LogP contribution in [0, 0.1) is 0 Å². The van der Waals surface area contributed by atoms with Crippen molar-refractivity contribution in [2.24, 2.45) is 0 Å². The van der Waals surface area contributed by atoms with E-state index in [2.05, 4.69) is 10.3 Å². The van der Waals surface area contributed by atoms with Crippen LogP contribution in [0.15, 0.2) is 72.1 Å². The molecule has 8 heteroatoms. The lowest BCUT2D eigenvalue weighted by Crippen LogP contribution is -2.38. The van der Waals surface area contributed by atoms with E-state index in [0.717, 1.165) is 43.4 Å². The SMILES string of the molecule is C[C@@H](NC(=O)c1cccc(S(=O)(=O)N(C)C2CCCCC2)c1)c1ccc(-n2ccnc2)cc1. The molecule has 0 saturated heterocycles. The summed E-state index contributed by atoms with van der Waals surface area (Å²) in [5.41, 5.74) is 2.26. The van der Waals surface area contributed by atoms with Gasteiger partial charge in [-0.25, -0.2) is 13.4 Å². The molecule has 7 nitrogen and oxygen atoms in total. The zero-order valence-corrected chi connectivity index (χ0v) is 19.8. The fourth-order valence-electron chi connectivity index (χ4n) is 4.32. The quantitative estimate of drug-likeness (QED) is 0.562. The highest BCUT2D eigenvalue weighted by Gasteiger charge is 2.29. The lowest BCUT2D eigenvalue weighted by Gasteiger charge is -2.30. The third-order valence-corrected chi connectivity index (χ3v) is 8.31. The van der Waals surface area contributed by atoms with Crippen LogP contribution in [0.5, 0.6) is 0 Å². The highest BCUT2D eigenvalue weighted by molar-refractivity contribution is 7.89. The molecule has 1 aliphatic carbocycles. The van der Waals surface area contributed by atoms with Gasteiger partial charge in [0.25, 0.3) is 5.91 Å². The Morgan fingerprint density at radius 1 is 1.12 bits per heavy atom. The minimum absolute atomic E-state index is 0.0200. The molecular weight excluding hydrogens is 436 g/mol. The van der Waals surface area contributed by atoms with E-state index in [1.807, 2.05) is 42.0 Å². The first-order valence-electron chi connectivity index (χ1n) is 11.3. The number of amides is 1. The van der Waals surface area contributed by atoms with Crippen molar-refractivity contribution in [2.45, 2.75) is 56.0 Å². The molecule has 3 aromatic rings. The Morgan fingerprint density at radius 3 is 2.52 bits per heavy atom. The number of hydrogen-bond donors (Lipinski definition) is 1. The summed E-state index contributed by atoms with van der Waals surface area (Å²) < 4.78 is 29.7. The largest absolute Gasteiger partial charge is 0.346 e. The summed E-state index contributed by atoms with van der Waals surface area (Å²) in [6.45, 7) is 1.90. The van der Waals surface area contributed by atoms with Gasteiger partial charge in [-0.3, -0.25) is 4.79 Å². The highest BCUT2D eigenvalue weighted by Crippen LogP contribution is 2.27. The molecule has 33 heavy (non-hydrogen) atoms. The number of aromatic nitrogens is 2. The van der Waals surface area contributed by atoms with Gasteiger partial charge >= 0.3 is 0 Å². The molecule has 0 radical (unpaired) electrons. The predicted octanol–water partition coefficient (Wildman–Crippen LogP) is 4.32. The van der Waals surface area contributed by atoms with E-state index < -0.39 is 10.0 Å². The molecule has 1 saturated carbocycles. The van der Waals surface area contributed by atoms with Gasteiger partial charge in [-0.05, 0) is 55.7 Å². The van der Waals surface area contributed by atoms with Gasteiger partial charge in [0.2, 0.25) is 10.0 Å². The van der Waals surface area contributed by atoms with Crippen molar-refractivity contribution in [1.29, 1.82) is 0 Å². The Kier molecular flexibility index (Phi) is 6.95. The summed E-state index contributed by atoms with van der Waals surface area (Å²) >= 11 is 0. The molecule has 0 aliphatic heterocycles. The summed E-state index contributed by atoms with van der Waals surface area (Å²) in [5, 5.41) is 2.97. The van der Waals surface area contributed by atoms with Crippen LogP contribution in [0.3, 0.4) is 0 Å². The first kappa shape index (κ1) is 23.2. The Balaban J connectivity index is 1.46. The Hall–Kier alpha value is -2.97. The van der Waals surface area contributed by atoms with Crippen molar-refractivity contribution in [3.63, 3.8) is 0 Å². The zero-order valence-electron chi connectivity index (χ0n) is 19.0. The van der Waals surface area contributed by atoms with Crippen molar-refractivity contribution < 1.29 is 13.2 Å². The molecule has 1 amide bonds. The van der Waals surface area contributed by atoms with Crippen LogP contribution in [0.1, 0.15) is 61.0 Å². The van der Waals surface area contributed by atoms with E-state index >= 15 is 0 Å². The molecule has 1 N–H and O–H groups in total. The lowest BCUT2D eigenvalue weighted by atomic mass is 9.96. The van der Waals surface area contributed by atoms with E-state index in [-0.39, 0.29) is 22.9 Å². The van der Waals surface area contributed by atoms with Crippen LogP contribution in [-0.2, 0) is 10.0 Å². The number of hydrogen-bond acceptors (Lipinski definition) is 4. The maximum Gasteiger partial charge on any atom is 0.251 e. The van der Waals surface area contributed by atoms with E-state index in [9.17, 15) is 13.2 Å². The van der Waals surface area contributed by atoms with Gasteiger partial charge in [0.05, 0.1) is 17.3 Å². The molecule has 1 atom stereocenters. The predicted molar refractivity (Wildman–Crippen MR) is 128 cm³/mol. The van der Waals surface area contributed by atoms with Crippen LogP contribution in [0.2, 0.25) is 0 Å². The van der Waals surface area contributed by atoms with Crippen molar-refractivity contribution in [1.82, 2.24) is 19.2 Å². The number of benzene rings is 2. The van der Waals surface area contributed by atoms with Crippen LogP contribution in [-0.4, -0.2) is 41.3 Å². The summed E-state index contributed by atoms with van der Waals surface area (Å²) in [5.74, 6) is -0.307. The zero-order chi connectivity index (χ0) is 23.4. The number of nitrogens with zero attached hydrogens (tertiary/aromatic N) is 3. The number of rotatable bonds is 7. The Morgan fingerprint density at radius 2 is 1.85 bits per heavy atom. The van der Waals surface area contributed by atoms with Gasteiger partial charge in [0.15, 0.2) is 0 Å². The monoisotopic (exact) mass is 466 g/mol. The van der Waals surface area contributed by atoms with Gasteiger partial charge in [-0.1, -0.05) is 37.5 Å². The molecule has 1 heterocycles. The normalized spacial score (nSPS) is 16.0. The molecule has 1 aromatic heterocycles. The van der Waals surface area contributed by atoms with Crippen LogP contribution < -0.4 is 5.32 Å². The highest BCUT2D eigenvalue weighted by atomic mass is 32.2. The summed E-state index contributed by atoms with van der Waals surface area (Å²) in [6, 6.07) is 13.9. The first-order chi connectivity index (χ1) is 15.9. The van der Waals surface area contributed by atoms with E-state index in [4.69, 9.17) is 0 Å². The summed E-state index contributed by atoms with van der Waals surface area (Å²) in [4.78, 5) is 17.1. The van der Waals surface area contributed by atoms with Crippen molar-refractivity contribution in [3.8, 4) is 5.69 Å². The number of nitrogens with one attached hydrogen (secondary N) is 1. The van der Waals surface area contributed by atoms with E-state index in [1.54, 1.807) is 37.8 Å². The van der Waals surface area contributed by atoms with Gasteiger partial charge in [0.1, 0.15) is 0 Å². The lowest BCUT2D eigenvalue weighted by molar-refractivity contribution is 0.0939. The average molecular weight is 467 g/mol. The fraction of sp³-hybridized carbons (Fsp3) is 0.360. The number of imidazole rings is 1. The minimum Gasteiger partial charge on any atom is -0.346 e. The molecule has 0 unspecified atom stereocenters. The maximum atomic E-state index is 13.2. The Bertz CT molecular complexity index is 1180. The summed E-state index contributed by atoms with van der Waals surface area (Å²) in [7, 11) is -2.01. The van der Waals surface area contributed by atoms with Crippen LogP contribution >= 0.6 is 0 Å². The number of carbonyl (C=O) groups is 1. The second-order valence-electron chi connectivity index (χ2n) is 8.60. The molecular formula is C25H30N4O3S. The smallest absolute Gasteiger partial charge is 0.251 e. The standard InChI is InChI=1S/C25H30N4O3S/c1-19(20-11-13-23(14-12-20)29-16-15-26-18-29)27-25(30)21-7-6-10-24(17-21)33(31,32)28(2)22-8-4-3-5-9-22/h6-7,10-19,22H,3-5,8-9H2,1-2H3,(H,27,30)/t19-/m1/s1. The Labute approximate surface area is 195 Å². The molecule has 4 rings (SSSR count). The second-order valence-corrected chi connectivity index (χ2v) is 10.6. The third-order valence-electron chi connectivity index (χ3n) is 6.41. The maximum absolute atomic E-state index is 13.2. The van der Waals surface area contributed by atoms with Crippen LogP contribution in [0.25, 0.3) is 5.69 Å². The molecule has 0 spiro atoms. The van der Waals surface area contributed by atoms with E-state index in [1.165, 1.54) is 10.4 Å². The van der Waals surface area contributed by atoms with Gasteiger partial charge in [-0.15, -0.1) is 0 Å². The first-order valence-corrected chi connectivity index (χ1v) is 12.8. The van der Waals surface area contributed by atoms with Crippen molar-refractivity contribution >= 4 is 15.9 Å². The molecule has 174 valence electrons. The van der Waals surface area contributed by atoms with Crippen LogP contribution in [0.4, 0.5) is 0 Å². The molecule has 1 aliphatic rings. The second kappa shape index (κ2) is 9.89. The number of carbonyl (C=O) groups excluding carboxylic acids is 1. The van der Waals surface area contributed by atoms with Gasteiger partial charge < -0.3 is 9.88 Å². The van der Waals surface area contributed by atoms with Crippen molar-refractivity contribution in [3.05, 3.63) is 78.4 Å². The molecule has 1 fully saturated rings.